The van der Waals surface area contributed by atoms with Crippen LogP contribution in [0.1, 0.15) is 12.8 Å². The number of nitrogens with zero attached hydrogens (tertiary/aromatic N) is 4. The first-order valence-corrected chi connectivity index (χ1v) is 5.65. The summed E-state index contributed by atoms with van der Waals surface area (Å²) in [5.41, 5.74) is 0. The molecule has 0 N–H and O–H groups in total. The molecule has 0 radical (unpaired) electrons. The van der Waals surface area contributed by atoms with Crippen molar-refractivity contribution in [3.05, 3.63) is 12.7 Å². The third-order valence-corrected chi connectivity index (χ3v) is 3.90. The molecule has 1 aromatic heterocycles. The van der Waals surface area contributed by atoms with Crippen molar-refractivity contribution >= 4 is 11.8 Å². The molecule has 4 atom stereocenters. The van der Waals surface area contributed by atoms with Gasteiger partial charge in [0.1, 0.15) is 12.7 Å². The highest BCUT2D eigenvalue weighted by Crippen LogP contribution is 2.47. The molecule has 0 aliphatic carbocycles. The van der Waals surface area contributed by atoms with Crippen LogP contribution in [0.25, 0.3) is 0 Å². The zero-order valence-electron chi connectivity index (χ0n) is 8.89. The van der Waals surface area contributed by atoms with Gasteiger partial charge in [0.25, 0.3) is 11.8 Å². The highest BCUT2D eigenvalue weighted by atomic mass is 16.5. The summed E-state index contributed by atoms with van der Waals surface area (Å²) in [5.74, 6) is -0.980. The normalized spacial score (nSPS) is 39.2. The van der Waals surface area contributed by atoms with E-state index in [0.29, 0.717) is 0 Å². The molecule has 3 aliphatic rings. The predicted molar refractivity (Wildman–Crippen MR) is 53.1 cm³/mol. The average Bonchev–Trinajstić information content (AvgIpc) is 3.03. The van der Waals surface area contributed by atoms with Gasteiger partial charge in [0.15, 0.2) is 0 Å². The minimum absolute atomic E-state index is 0.0806. The topological polar surface area (TPSA) is 77.3 Å². The van der Waals surface area contributed by atoms with Crippen LogP contribution >= 0.6 is 0 Å². The fourth-order valence-electron chi connectivity index (χ4n) is 3.22. The van der Waals surface area contributed by atoms with E-state index in [1.165, 1.54) is 17.3 Å². The summed E-state index contributed by atoms with van der Waals surface area (Å²) in [6.45, 7) is 0. The summed E-state index contributed by atoms with van der Waals surface area (Å²) in [4.78, 5) is 24.5. The molecule has 4 heterocycles. The van der Waals surface area contributed by atoms with Crippen LogP contribution in [0.3, 0.4) is 0 Å². The van der Waals surface area contributed by atoms with Gasteiger partial charge in [0.05, 0.1) is 24.0 Å². The summed E-state index contributed by atoms with van der Waals surface area (Å²) >= 11 is 0. The Morgan fingerprint density at radius 1 is 1.06 bits per heavy atom. The molecule has 17 heavy (non-hydrogen) atoms. The van der Waals surface area contributed by atoms with Crippen molar-refractivity contribution in [2.75, 3.05) is 5.01 Å². The van der Waals surface area contributed by atoms with E-state index >= 15 is 0 Å². The molecule has 3 fully saturated rings. The number of fused-ring (bicyclic) bond motifs is 5. The lowest BCUT2D eigenvalue weighted by atomic mass is 9.81. The van der Waals surface area contributed by atoms with Gasteiger partial charge in [-0.3, -0.25) is 9.59 Å². The Kier molecular flexibility index (Phi) is 1.60. The molecule has 7 nitrogen and oxygen atoms in total. The van der Waals surface area contributed by atoms with Crippen molar-refractivity contribution in [2.45, 2.75) is 25.0 Å². The molecular formula is C10H10N4O3. The lowest BCUT2D eigenvalue weighted by Gasteiger charge is -2.16. The lowest BCUT2D eigenvalue weighted by molar-refractivity contribution is -0.127. The van der Waals surface area contributed by atoms with Gasteiger partial charge in [0, 0.05) is 0 Å². The molecule has 3 aliphatic heterocycles. The van der Waals surface area contributed by atoms with E-state index in [-0.39, 0.29) is 35.9 Å². The Hall–Kier alpha value is -1.76. The first kappa shape index (κ1) is 9.29. The molecule has 0 unspecified atom stereocenters. The second-order valence-electron chi connectivity index (χ2n) is 4.67. The lowest BCUT2D eigenvalue weighted by Crippen LogP contribution is -2.42. The monoisotopic (exact) mass is 234 g/mol. The molecule has 88 valence electrons. The van der Waals surface area contributed by atoms with Crippen LogP contribution in [0.4, 0.5) is 0 Å². The van der Waals surface area contributed by atoms with E-state index in [1.54, 1.807) is 0 Å². The summed E-state index contributed by atoms with van der Waals surface area (Å²) in [6.07, 6.45) is 4.31. The number of carbonyl (C=O) groups excluding carboxylic acids is 2. The Balaban J connectivity index is 1.77. The van der Waals surface area contributed by atoms with E-state index in [2.05, 4.69) is 10.2 Å². The molecule has 0 saturated carbocycles. The number of amides is 2. The molecule has 7 heteroatoms. The molecule has 2 bridgehead atoms. The third kappa shape index (κ3) is 0.998. The van der Waals surface area contributed by atoms with Gasteiger partial charge in [-0.2, -0.15) is 5.01 Å². The SMILES string of the molecule is O=C1[C@@H]2[C@H](C(=O)N1n1cnnc1)[C@H]1CC[C@@H]2O1. The van der Waals surface area contributed by atoms with E-state index in [0.717, 1.165) is 17.9 Å². The molecule has 0 aromatic carbocycles. The summed E-state index contributed by atoms with van der Waals surface area (Å²) in [5, 5.41) is 8.38. The van der Waals surface area contributed by atoms with Crippen molar-refractivity contribution in [1.82, 2.24) is 14.9 Å². The largest absolute Gasteiger partial charge is 0.373 e. The fourth-order valence-corrected chi connectivity index (χ4v) is 3.22. The van der Waals surface area contributed by atoms with Crippen LogP contribution in [-0.4, -0.2) is 38.9 Å². The number of carbonyl (C=O) groups is 2. The van der Waals surface area contributed by atoms with Crippen LogP contribution < -0.4 is 5.01 Å². The van der Waals surface area contributed by atoms with E-state index in [9.17, 15) is 9.59 Å². The number of hydrogen-bond acceptors (Lipinski definition) is 5. The van der Waals surface area contributed by atoms with Crippen molar-refractivity contribution in [3.63, 3.8) is 0 Å². The highest BCUT2D eigenvalue weighted by molar-refractivity contribution is 6.17. The number of imide groups is 1. The summed E-state index contributed by atoms with van der Waals surface area (Å²) in [6, 6.07) is 0. The Morgan fingerprint density at radius 2 is 1.59 bits per heavy atom. The molecule has 3 saturated heterocycles. The van der Waals surface area contributed by atoms with Gasteiger partial charge < -0.3 is 4.74 Å². The van der Waals surface area contributed by atoms with Gasteiger partial charge in [-0.15, -0.1) is 10.2 Å². The maximum atomic E-state index is 12.2. The Morgan fingerprint density at radius 3 is 2.12 bits per heavy atom. The van der Waals surface area contributed by atoms with Crippen LogP contribution in [-0.2, 0) is 14.3 Å². The number of rotatable bonds is 1. The Bertz CT molecular complexity index is 472. The average molecular weight is 234 g/mol. The van der Waals surface area contributed by atoms with Crippen molar-refractivity contribution in [1.29, 1.82) is 0 Å². The maximum absolute atomic E-state index is 12.2. The van der Waals surface area contributed by atoms with Crippen LogP contribution in [0, 0.1) is 11.8 Å². The first-order valence-electron chi connectivity index (χ1n) is 5.65. The van der Waals surface area contributed by atoms with Crippen molar-refractivity contribution in [2.24, 2.45) is 11.8 Å². The number of ether oxygens (including phenoxy) is 1. The molecular weight excluding hydrogens is 224 g/mol. The standard InChI is InChI=1S/C10H10N4O3/c15-9-7-5-1-2-6(17-5)8(7)10(16)14(9)13-3-11-12-4-13/h3-8H,1-2H2/t5-,6+,7-,8+. The van der Waals surface area contributed by atoms with Gasteiger partial charge in [-0.05, 0) is 12.8 Å². The van der Waals surface area contributed by atoms with Gasteiger partial charge in [-0.1, -0.05) is 0 Å². The predicted octanol–water partition coefficient (Wildman–Crippen LogP) is -0.924. The maximum Gasteiger partial charge on any atom is 0.255 e. The van der Waals surface area contributed by atoms with Gasteiger partial charge in [0.2, 0.25) is 0 Å². The van der Waals surface area contributed by atoms with Gasteiger partial charge in [-0.25, -0.2) is 4.68 Å². The minimum Gasteiger partial charge on any atom is -0.373 e. The Labute approximate surface area is 96.3 Å². The van der Waals surface area contributed by atoms with Crippen LogP contribution in [0.2, 0.25) is 0 Å². The molecule has 0 spiro atoms. The van der Waals surface area contributed by atoms with Crippen LogP contribution in [0.5, 0.6) is 0 Å². The minimum atomic E-state index is -0.302. The van der Waals surface area contributed by atoms with E-state index < -0.39 is 0 Å². The summed E-state index contributed by atoms with van der Waals surface area (Å²) in [7, 11) is 0. The second-order valence-corrected chi connectivity index (χ2v) is 4.67. The zero-order chi connectivity index (χ0) is 11.6. The highest BCUT2D eigenvalue weighted by Gasteiger charge is 2.63. The van der Waals surface area contributed by atoms with Gasteiger partial charge >= 0.3 is 0 Å². The smallest absolute Gasteiger partial charge is 0.255 e. The molecule has 4 rings (SSSR count). The van der Waals surface area contributed by atoms with E-state index in [1.807, 2.05) is 0 Å². The molecule has 1 aromatic rings. The summed E-state index contributed by atoms with van der Waals surface area (Å²) < 4.78 is 6.99. The fraction of sp³-hybridized carbons (Fsp3) is 0.600. The van der Waals surface area contributed by atoms with Crippen molar-refractivity contribution < 1.29 is 14.3 Å². The van der Waals surface area contributed by atoms with Crippen molar-refractivity contribution in [3.8, 4) is 0 Å². The zero-order valence-corrected chi connectivity index (χ0v) is 8.89. The molecule has 2 amide bonds. The quantitative estimate of drug-likeness (QED) is 0.587. The second kappa shape index (κ2) is 2.92. The van der Waals surface area contributed by atoms with E-state index in [4.69, 9.17) is 4.74 Å². The van der Waals surface area contributed by atoms with Crippen LogP contribution in [0.15, 0.2) is 12.7 Å². The first-order chi connectivity index (χ1) is 8.27. The third-order valence-electron chi connectivity index (χ3n) is 3.90. The number of hydrogen-bond donors (Lipinski definition) is 0. The number of aromatic nitrogens is 3.